The average molecular weight is 363 g/mol. The number of halogens is 1. The molecule has 1 atom stereocenters. The summed E-state index contributed by atoms with van der Waals surface area (Å²) in [5.41, 5.74) is 0.863. The fourth-order valence-electron chi connectivity index (χ4n) is 4.05. The van der Waals surface area contributed by atoms with Crippen LogP contribution in [0.3, 0.4) is 0 Å². The predicted molar refractivity (Wildman–Crippen MR) is 101 cm³/mol. The van der Waals surface area contributed by atoms with Crippen LogP contribution in [-0.4, -0.2) is 42.4 Å². The minimum absolute atomic E-state index is 0.0235. The van der Waals surface area contributed by atoms with Gasteiger partial charge in [0.2, 0.25) is 0 Å². The zero-order valence-corrected chi connectivity index (χ0v) is 15.6. The van der Waals surface area contributed by atoms with E-state index in [9.17, 15) is 14.3 Å². The molecule has 144 valence electrons. The summed E-state index contributed by atoms with van der Waals surface area (Å²) in [5.74, 6) is -0.222. The Kier molecular flexibility index (Phi) is 6.01. The molecule has 1 aromatic carbocycles. The van der Waals surface area contributed by atoms with Crippen molar-refractivity contribution in [1.82, 2.24) is 10.6 Å². The number of aliphatic hydroxyl groups is 1. The second-order valence-corrected chi connectivity index (χ2v) is 7.85. The third-order valence-electron chi connectivity index (χ3n) is 5.56. The number of nitrogens with one attached hydrogen (secondary N) is 2. The van der Waals surface area contributed by atoms with Gasteiger partial charge in [-0.05, 0) is 50.3 Å². The molecule has 26 heavy (non-hydrogen) atoms. The van der Waals surface area contributed by atoms with Crippen molar-refractivity contribution in [1.29, 1.82) is 0 Å². The zero-order chi connectivity index (χ0) is 18.6. The van der Waals surface area contributed by atoms with E-state index in [1.165, 1.54) is 6.07 Å². The highest BCUT2D eigenvalue weighted by Crippen LogP contribution is 2.27. The van der Waals surface area contributed by atoms with Crippen LogP contribution in [0, 0.1) is 12.7 Å². The second-order valence-electron chi connectivity index (χ2n) is 7.85. The molecule has 1 saturated carbocycles. The molecule has 1 aliphatic heterocycles. The van der Waals surface area contributed by atoms with Crippen LogP contribution in [0.2, 0.25) is 0 Å². The molecule has 3 N–H and O–H groups in total. The molecule has 1 aromatic rings. The maximum Gasteiger partial charge on any atom is 0.315 e. The smallest absolute Gasteiger partial charge is 0.315 e. The van der Waals surface area contributed by atoms with Crippen LogP contribution in [0.15, 0.2) is 18.2 Å². The van der Waals surface area contributed by atoms with Gasteiger partial charge in [-0.3, -0.25) is 0 Å². The Bertz CT molecular complexity index is 631. The van der Waals surface area contributed by atoms with Gasteiger partial charge < -0.3 is 20.6 Å². The largest absolute Gasteiger partial charge is 0.388 e. The lowest BCUT2D eigenvalue weighted by molar-refractivity contribution is 0.00711. The molecule has 2 amide bonds. The normalized spacial score (nSPS) is 22.7. The first-order chi connectivity index (χ1) is 12.5. The van der Waals surface area contributed by atoms with Gasteiger partial charge in [-0.1, -0.05) is 25.3 Å². The van der Waals surface area contributed by atoms with E-state index < -0.39 is 5.60 Å². The molecule has 1 unspecified atom stereocenters. The lowest BCUT2D eigenvalue weighted by atomic mass is 9.85. The maximum atomic E-state index is 14.1. The summed E-state index contributed by atoms with van der Waals surface area (Å²) in [7, 11) is 0. The topological polar surface area (TPSA) is 64.6 Å². The first-order valence-corrected chi connectivity index (χ1v) is 9.73. The van der Waals surface area contributed by atoms with Crippen molar-refractivity contribution in [3.63, 3.8) is 0 Å². The summed E-state index contributed by atoms with van der Waals surface area (Å²) in [6, 6.07) is 4.85. The van der Waals surface area contributed by atoms with Crippen LogP contribution in [0.25, 0.3) is 0 Å². The number of anilines is 1. The van der Waals surface area contributed by atoms with Gasteiger partial charge in [0, 0.05) is 25.7 Å². The molecule has 1 aliphatic carbocycles. The Morgan fingerprint density at radius 3 is 2.85 bits per heavy atom. The first kappa shape index (κ1) is 19.0. The Hall–Kier alpha value is -1.82. The van der Waals surface area contributed by atoms with E-state index in [2.05, 4.69) is 10.6 Å². The molecule has 0 bridgehead atoms. The van der Waals surface area contributed by atoms with Crippen LogP contribution in [-0.2, 0) is 0 Å². The number of piperidine rings is 1. The lowest BCUT2D eigenvalue weighted by Crippen LogP contribution is -2.53. The molecular weight excluding hydrogens is 333 g/mol. The number of carbonyl (C=O) groups is 1. The number of hydrogen-bond acceptors (Lipinski definition) is 3. The van der Waals surface area contributed by atoms with Gasteiger partial charge in [-0.2, -0.15) is 0 Å². The lowest BCUT2D eigenvalue weighted by Gasteiger charge is -2.36. The average Bonchev–Trinajstić information content (AvgIpc) is 2.63. The first-order valence-electron chi connectivity index (χ1n) is 9.73. The number of amides is 2. The molecule has 2 aliphatic rings. The number of urea groups is 1. The minimum Gasteiger partial charge on any atom is -0.388 e. The van der Waals surface area contributed by atoms with Crippen molar-refractivity contribution in [2.75, 3.05) is 24.5 Å². The van der Waals surface area contributed by atoms with Crippen molar-refractivity contribution in [3.05, 3.63) is 29.6 Å². The van der Waals surface area contributed by atoms with E-state index in [4.69, 9.17) is 0 Å². The van der Waals surface area contributed by atoms with Crippen molar-refractivity contribution in [3.8, 4) is 0 Å². The van der Waals surface area contributed by atoms with Crippen LogP contribution in [0.1, 0.15) is 50.5 Å². The SMILES string of the molecule is Cc1ccc(F)c(N2CCCC(NC(=O)NCC3(O)CCCCC3)C2)c1. The molecule has 2 fully saturated rings. The fourth-order valence-corrected chi connectivity index (χ4v) is 4.05. The summed E-state index contributed by atoms with van der Waals surface area (Å²) in [6.45, 7) is 3.63. The van der Waals surface area contributed by atoms with Crippen LogP contribution < -0.4 is 15.5 Å². The number of hydrogen-bond donors (Lipinski definition) is 3. The zero-order valence-electron chi connectivity index (χ0n) is 15.6. The molecule has 0 aromatic heterocycles. The molecule has 5 nitrogen and oxygen atoms in total. The number of nitrogens with zero attached hydrogens (tertiary/aromatic N) is 1. The highest BCUT2D eigenvalue weighted by molar-refractivity contribution is 5.74. The molecule has 1 saturated heterocycles. The van der Waals surface area contributed by atoms with Crippen molar-refractivity contribution in [2.24, 2.45) is 0 Å². The number of aryl methyl sites for hydroxylation is 1. The van der Waals surface area contributed by atoms with Crippen LogP contribution in [0.4, 0.5) is 14.9 Å². The molecule has 0 radical (unpaired) electrons. The highest BCUT2D eigenvalue weighted by atomic mass is 19.1. The summed E-state index contributed by atoms with van der Waals surface area (Å²) >= 11 is 0. The van der Waals surface area contributed by atoms with Gasteiger partial charge in [-0.15, -0.1) is 0 Å². The predicted octanol–water partition coefficient (Wildman–Crippen LogP) is 3.10. The standard InChI is InChI=1S/C20H30FN3O2/c1-15-7-8-17(21)18(12-15)24-11-5-6-16(13-24)23-19(25)22-14-20(26)9-3-2-4-10-20/h7-8,12,16,26H,2-6,9-11,13-14H2,1H3,(H2,22,23,25). The summed E-state index contributed by atoms with van der Waals surface area (Å²) in [6.07, 6.45) is 6.46. The van der Waals surface area contributed by atoms with E-state index in [1.54, 1.807) is 6.07 Å². The molecule has 6 heteroatoms. The molecule has 1 heterocycles. The number of rotatable bonds is 4. The molecular formula is C20H30FN3O2. The van der Waals surface area contributed by atoms with Crippen LogP contribution >= 0.6 is 0 Å². The Labute approximate surface area is 155 Å². The molecule has 3 rings (SSSR count). The van der Waals surface area contributed by atoms with Gasteiger partial charge in [0.15, 0.2) is 0 Å². The van der Waals surface area contributed by atoms with Gasteiger partial charge in [0.05, 0.1) is 11.3 Å². The second kappa shape index (κ2) is 8.25. The Balaban J connectivity index is 1.51. The third kappa shape index (κ3) is 4.87. The van der Waals surface area contributed by atoms with E-state index in [0.717, 1.165) is 57.1 Å². The van der Waals surface area contributed by atoms with Gasteiger partial charge in [0.1, 0.15) is 5.82 Å². The maximum absolute atomic E-state index is 14.1. The minimum atomic E-state index is -0.765. The van der Waals surface area contributed by atoms with Crippen molar-refractivity contribution in [2.45, 2.75) is 63.5 Å². The van der Waals surface area contributed by atoms with E-state index in [-0.39, 0.29) is 17.9 Å². The van der Waals surface area contributed by atoms with Gasteiger partial charge in [0.25, 0.3) is 0 Å². The van der Waals surface area contributed by atoms with E-state index in [0.29, 0.717) is 18.8 Å². The third-order valence-corrected chi connectivity index (χ3v) is 5.56. The summed E-state index contributed by atoms with van der Waals surface area (Å²) < 4.78 is 14.1. The fraction of sp³-hybridized carbons (Fsp3) is 0.650. The number of benzene rings is 1. The Morgan fingerprint density at radius 2 is 2.08 bits per heavy atom. The summed E-state index contributed by atoms with van der Waals surface area (Å²) in [5, 5.41) is 16.3. The van der Waals surface area contributed by atoms with Crippen molar-refractivity contribution >= 4 is 11.7 Å². The van der Waals surface area contributed by atoms with Crippen molar-refractivity contribution < 1.29 is 14.3 Å². The Morgan fingerprint density at radius 1 is 1.31 bits per heavy atom. The van der Waals surface area contributed by atoms with Crippen LogP contribution in [0.5, 0.6) is 0 Å². The van der Waals surface area contributed by atoms with E-state index >= 15 is 0 Å². The van der Waals surface area contributed by atoms with E-state index in [1.807, 2.05) is 17.9 Å². The highest BCUT2D eigenvalue weighted by Gasteiger charge is 2.30. The van der Waals surface area contributed by atoms with Gasteiger partial charge >= 0.3 is 6.03 Å². The number of carbonyl (C=O) groups excluding carboxylic acids is 1. The molecule has 0 spiro atoms. The summed E-state index contributed by atoms with van der Waals surface area (Å²) in [4.78, 5) is 14.2. The quantitative estimate of drug-likeness (QED) is 0.770. The monoisotopic (exact) mass is 363 g/mol. The van der Waals surface area contributed by atoms with Gasteiger partial charge in [-0.25, -0.2) is 9.18 Å².